The number of anilines is 1. The minimum Gasteiger partial charge on any atom is -0.492 e. The van der Waals surface area contributed by atoms with Gasteiger partial charge in [0.15, 0.2) is 5.69 Å². The Morgan fingerprint density at radius 3 is 2.88 bits per heavy atom. The second-order valence-electron chi connectivity index (χ2n) is 5.68. The van der Waals surface area contributed by atoms with E-state index in [0.29, 0.717) is 24.7 Å². The third-order valence-corrected chi connectivity index (χ3v) is 3.65. The third kappa shape index (κ3) is 3.33. The molecule has 1 atom stereocenters. The van der Waals surface area contributed by atoms with E-state index in [1.165, 1.54) is 12.1 Å². The highest BCUT2D eigenvalue weighted by Crippen LogP contribution is 2.29. The summed E-state index contributed by atoms with van der Waals surface area (Å²) in [6.07, 6.45) is 0. The van der Waals surface area contributed by atoms with Gasteiger partial charge in [0.2, 0.25) is 5.88 Å². The first-order chi connectivity index (χ1) is 11.5. The maximum atomic E-state index is 12.2. The molecule has 8 heteroatoms. The summed E-state index contributed by atoms with van der Waals surface area (Å²) in [6.45, 7) is 2.66. The second kappa shape index (κ2) is 6.25. The van der Waals surface area contributed by atoms with Crippen molar-refractivity contribution >= 4 is 17.4 Å². The number of aliphatic imine (C=N–C) groups is 1. The van der Waals surface area contributed by atoms with E-state index in [0.717, 1.165) is 5.56 Å². The Morgan fingerprint density at radius 2 is 2.17 bits per heavy atom. The summed E-state index contributed by atoms with van der Waals surface area (Å²) in [6, 6.07) is 9.99. The Balaban J connectivity index is 1.82. The van der Waals surface area contributed by atoms with Gasteiger partial charge in [-0.25, -0.2) is 0 Å². The van der Waals surface area contributed by atoms with E-state index in [1.54, 1.807) is 6.07 Å². The Kier molecular flexibility index (Phi) is 4.13. The maximum absolute atomic E-state index is 12.2. The van der Waals surface area contributed by atoms with Crippen LogP contribution in [0.25, 0.3) is 0 Å². The van der Waals surface area contributed by atoms with Crippen LogP contribution in [0.15, 0.2) is 41.4 Å². The summed E-state index contributed by atoms with van der Waals surface area (Å²) >= 11 is 0. The number of aromatic nitrogens is 2. The monoisotopic (exact) mass is 327 g/mol. The lowest BCUT2D eigenvalue weighted by Crippen LogP contribution is -2.37. The van der Waals surface area contributed by atoms with Gasteiger partial charge in [-0.1, -0.05) is 12.1 Å². The number of hydrogen-bond donors (Lipinski definition) is 3. The Labute approximate surface area is 138 Å². The van der Waals surface area contributed by atoms with Crippen molar-refractivity contribution in [3.63, 3.8) is 0 Å². The van der Waals surface area contributed by atoms with Gasteiger partial charge in [-0.05, 0) is 30.7 Å². The van der Waals surface area contributed by atoms with Crippen LogP contribution in [0, 0.1) is 0 Å². The van der Waals surface area contributed by atoms with Crippen LogP contribution < -0.4 is 11.1 Å². The van der Waals surface area contributed by atoms with Crippen LogP contribution >= 0.6 is 0 Å². The summed E-state index contributed by atoms with van der Waals surface area (Å²) in [4.78, 5) is 16.7. The fraction of sp³-hybridized carbons (Fsp3) is 0.250. The summed E-state index contributed by atoms with van der Waals surface area (Å²) in [5, 5.41) is 18.9. The quantitative estimate of drug-likeness (QED) is 0.774. The zero-order valence-electron chi connectivity index (χ0n) is 13.1. The largest absolute Gasteiger partial charge is 0.492 e. The van der Waals surface area contributed by atoms with Crippen LogP contribution in [0.1, 0.15) is 23.0 Å². The standard InChI is InChI=1S/C16H17N5O3/c1-16(9-24-8-13(17)19-16)10-3-2-4-11(7-10)18-15(23)12-5-6-14(22)21-20-12/h2-7H,8-9H2,1H3,(H2,17,19)(H,18,23)(H,21,22). The van der Waals surface area contributed by atoms with Crippen molar-refractivity contribution in [1.82, 2.24) is 10.2 Å². The molecule has 3 rings (SSSR count). The molecule has 0 fully saturated rings. The highest BCUT2D eigenvalue weighted by molar-refractivity contribution is 6.02. The molecule has 1 aliphatic heterocycles. The number of nitrogens with one attached hydrogen (secondary N) is 1. The number of carbonyl (C=O) groups is 1. The molecule has 1 unspecified atom stereocenters. The topological polar surface area (TPSA) is 123 Å². The number of ether oxygens (including phenoxy) is 1. The first kappa shape index (κ1) is 15.9. The Bertz CT molecular complexity index is 791. The number of benzene rings is 1. The SMILES string of the molecule is CC1(c2cccc(NC(=O)c3ccc(O)nn3)c2)COCC(N)=N1. The summed E-state index contributed by atoms with van der Waals surface area (Å²) < 4.78 is 5.47. The molecular weight excluding hydrogens is 310 g/mol. The summed E-state index contributed by atoms with van der Waals surface area (Å²) in [7, 11) is 0. The molecule has 1 aliphatic rings. The highest BCUT2D eigenvalue weighted by atomic mass is 16.5. The van der Waals surface area contributed by atoms with E-state index in [9.17, 15) is 4.79 Å². The smallest absolute Gasteiger partial charge is 0.276 e. The predicted molar refractivity (Wildman–Crippen MR) is 87.9 cm³/mol. The Morgan fingerprint density at radius 1 is 1.33 bits per heavy atom. The van der Waals surface area contributed by atoms with Crippen LogP contribution in [0.3, 0.4) is 0 Å². The van der Waals surface area contributed by atoms with Crippen LogP contribution in [-0.4, -0.2) is 40.3 Å². The van der Waals surface area contributed by atoms with Gasteiger partial charge in [-0.15, -0.1) is 10.2 Å². The van der Waals surface area contributed by atoms with Crippen molar-refractivity contribution in [3.05, 3.63) is 47.7 Å². The average molecular weight is 327 g/mol. The van der Waals surface area contributed by atoms with Crippen molar-refractivity contribution in [3.8, 4) is 5.88 Å². The molecule has 8 nitrogen and oxygen atoms in total. The average Bonchev–Trinajstić information content (AvgIpc) is 2.55. The number of rotatable bonds is 3. The van der Waals surface area contributed by atoms with Gasteiger partial charge in [0.05, 0.1) is 6.61 Å². The van der Waals surface area contributed by atoms with E-state index >= 15 is 0 Å². The van der Waals surface area contributed by atoms with Crippen LogP contribution in [-0.2, 0) is 10.3 Å². The van der Waals surface area contributed by atoms with E-state index in [4.69, 9.17) is 15.6 Å². The van der Waals surface area contributed by atoms with Crippen molar-refractivity contribution in [2.75, 3.05) is 18.5 Å². The lowest BCUT2D eigenvalue weighted by atomic mass is 9.92. The van der Waals surface area contributed by atoms with Crippen molar-refractivity contribution in [2.24, 2.45) is 10.7 Å². The number of amidine groups is 1. The van der Waals surface area contributed by atoms with E-state index in [1.807, 2.05) is 25.1 Å². The molecule has 1 aromatic heterocycles. The molecule has 1 amide bonds. The molecule has 0 saturated carbocycles. The van der Waals surface area contributed by atoms with Gasteiger partial charge in [0.1, 0.15) is 18.0 Å². The molecule has 2 heterocycles. The van der Waals surface area contributed by atoms with Gasteiger partial charge >= 0.3 is 0 Å². The fourth-order valence-corrected chi connectivity index (χ4v) is 2.46. The Hall–Kier alpha value is -3.00. The summed E-state index contributed by atoms with van der Waals surface area (Å²) in [5.74, 6) is -0.223. The van der Waals surface area contributed by atoms with Crippen LogP contribution in [0.4, 0.5) is 5.69 Å². The van der Waals surface area contributed by atoms with Gasteiger partial charge in [0, 0.05) is 11.8 Å². The van der Waals surface area contributed by atoms with E-state index < -0.39 is 11.4 Å². The summed E-state index contributed by atoms with van der Waals surface area (Å²) in [5.41, 5.74) is 6.75. The third-order valence-electron chi connectivity index (χ3n) is 3.65. The molecule has 4 N–H and O–H groups in total. The minimum atomic E-state index is -0.596. The van der Waals surface area contributed by atoms with Gasteiger partial charge in [0.25, 0.3) is 5.91 Å². The normalized spacial score (nSPS) is 20.3. The number of amides is 1. The second-order valence-corrected chi connectivity index (χ2v) is 5.68. The first-order valence-corrected chi connectivity index (χ1v) is 7.33. The molecule has 124 valence electrons. The number of nitrogens with two attached hydrogens (primary N) is 1. The highest BCUT2D eigenvalue weighted by Gasteiger charge is 2.30. The van der Waals surface area contributed by atoms with Crippen molar-refractivity contribution < 1.29 is 14.6 Å². The fourth-order valence-electron chi connectivity index (χ4n) is 2.46. The van der Waals surface area contributed by atoms with Gasteiger partial charge < -0.3 is 20.9 Å². The number of nitrogens with zero attached hydrogens (tertiary/aromatic N) is 3. The molecule has 0 aliphatic carbocycles. The van der Waals surface area contributed by atoms with Crippen molar-refractivity contribution in [2.45, 2.75) is 12.5 Å². The molecule has 0 bridgehead atoms. The molecule has 24 heavy (non-hydrogen) atoms. The zero-order chi connectivity index (χ0) is 17.2. The first-order valence-electron chi connectivity index (χ1n) is 7.33. The van der Waals surface area contributed by atoms with Gasteiger partial charge in [-0.3, -0.25) is 9.79 Å². The van der Waals surface area contributed by atoms with Gasteiger partial charge in [-0.2, -0.15) is 0 Å². The van der Waals surface area contributed by atoms with Crippen molar-refractivity contribution in [1.29, 1.82) is 0 Å². The molecule has 0 saturated heterocycles. The van der Waals surface area contributed by atoms with E-state index in [2.05, 4.69) is 20.5 Å². The van der Waals surface area contributed by atoms with Crippen LogP contribution in [0.2, 0.25) is 0 Å². The minimum absolute atomic E-state index is 0.104. The lowest BCUT2D eigenvalue weighted by Gasteiger charge is -2.30. The molecule has 0 spiro atoms. The number of aromatic hydroxyl groups is 1. The lowest BCUT2D eigenvalue weighted by molar-refractivity contribution is 0.102. The van der Waals surface area contributed by atoms with E-state index in [-0.39, 0.29) is 11.6 Å². The number of carbonyl (C=O) groups excluding carboxylic acids is 1. The van der Waals surface area contributed by atoms with Crippen LogP contribution in [0.5, 0.6) is 5.88 Å². The molecule has 0 radical (unpaired) electrons. The molecule has 1 aromatic carbocycles. The molecular formula is C16H17N5O3. The predicted octanol–water partition coefficient (Wildman–Crippen LogP) is 1.04. The maximum Gasteiger partial charge on any atom is 0.276 e. The molecule has 2 aromatic rings. The number of hydrogen-bond acceptors (Lipinski definition) is 7. The zero-order valence-corrected chi connectivity index (χ0v) is 13.1.